The van der Waals surface area contributed by atoms with E-state index < -0.39 is 35.8 Å². The first-order valence-corrected chi connectivity index (χ1v) is 5.05. The highest BCUT2D eigenvalue weighted by Crippen LogP contribution is 2.31. The monoisotopic (exact) mass is 256 g/mol. The molecule has 0 amide bonds. The second-order valence-corrected chi connectivity index (χ2v) is 3.28. The van der Waals surface area contributed by atoms with Crippen molar-refractivity contribution in [1.29, 1.82) is 5.26 Å². The fourth-order valence-corrected chi connectivity index (χ4v) is 1.36. The van der Waals surface area contributed by atoms with Crippen LogP contribution in [0.3, 0.4) is 0 Å². The van der Waals surface area contributed by atoms with Crippen LogP contribution in [0.2, 0.25) is 0 Å². The first-order valence-electron chi connectivity index (χ1n) is 5.05. The van der Waals surface area contributed by atoms with E-state index in [0.717, 1.165) is 6.20 Å². The van der Waals surface area contributed by atoms with Gasteiger partial charge in [-0.15, -0.1) is 0 Å². The van der Waals surface area contributed by atoms with Crippen molar-refractivity contribution in [3.8, 4) is 11.8 Å². The number of aromatic nitrogens is 1. The molecule has 0 aromatic carbocycles. The van der Waals surface area contributed by atoms with E-state index in [2.05, 4.69) is 9.72 Å². The van der Waals surface area contributed by atoms with Crippen molar-refractivity contribution in [1.82, 2.24) is 4.98 Å². The topological polar surface area (TPSA) is 83.2 Å². The minimum absolute atomic E-state index is 0.0970. The van der Waals surface area contributed by atoms with Crippen LogP contribution in [0.4, 0.5) is 8.78 Å². The molecule has 0 aliphatic heterocycles. The van der Waals surface area contributed by atoms with Crippen molar-refractivity contribution in [3.05, 3.63) is 23.0 Å². The van der Waals surface area contributed by atoms with E-state index >= 15 is 0 Å². The van der Waals surface area contributed by atoms with Crippen molar-refractivity contribution < 1.29 is 23.4 Å². The fourth-order valence-electron chi connectivity index (χ4n) is 1.36. The Balaban J connectivity index is 3.20. The van der Waals surface area contributed by atoms with Crippen LogP contribution in [-0.2, 0) is 16.0 Å². The van der Waals surface area contributed by atoms with Crippen molar-refractivity contribution in [2.45, 2.75) is 19.8 Å². The lowest BCUT2D eigenvalue weighted by atomic mass is 10.0. The van der Waals surface area contributed by atoms with Crippen molar-refractivity contribution in [2.24, 2.45) is 0 Å². The van der Waals surface area contributed by atoms with Gasteiger partial charge < -0.3 is 9.84 Å². The number of pyridine rings is 1. The molecule has 1 aromatic rings. The van der Waals surface area contributed by atoms with Gasteiger partial charge in [0, 0.05) is 17.3 Å². The second-order valence-electron chi connectivity index (χ2n) is 3.28. The van der Waals surface area contributed by atoms with Crippen LogP contribution in [0.25, 0.3) is 0 Å². The molecule has 0 bridgehead atoms. The zero-order chi connectivity index (χ0) is 13.7. The lowest BCUT2D eigenvalue weighted by molar-refractivity contribution is -0.142. The maximum Gasteiger partial charge on any atom is 0.310 e. The number of nitriles is 1. The minimum Gasteiger partial charge on any atom is -0.505 e. The summed E-state index contributed by atoms with van der Waals surface area (Å²) in [7, 11) is 0. The molecule has 1 N–H and O–H groups in total. The summed E-state index contributed by atoms with van der Waals surface area (Å²) in [5, 5.41) is 18.2. The van der Waals surface area contributed by atoms with E-state index in [1.54, 1.807) is 13.0 Å². The number of rotatable bonds is 4. The Hall–Kier alpha value is -2.23. The molecule has 0 unspecified atom stereocenters. The summed E-state index contributed by atoms with van der Waals surface area (Å²) in [5.74, 6) is -1.46. The van der Waals surface area contributed by atoms with Crippen LogP contribution in [0.15, 0.2) is 6.20 Å². The molecule has 96 valence electrons. The summed E-state index contributed by atoms with van der Waals surface area (Å²) >= 11 is 0. The Morgan fingerprint density at radius 3 is 2.83 bits per heavy atom. The Morgan fingerprint density at radius 1 is 1.67 bits per heavy atom. The van der Waals surface area contributed by atoms with Crippen molar-refractivity contribution in [3.63, 3.8) is 0 Å². The van der Waals surface area contributed by atoms with E-state index in [1.165, 1.54) is 0 Å². The number of nitrogens with zero attached hydrogens (tertiary/aromatic N) is 2. The normalized spacial score (nSPS) is 10.2. The van der Waals surface area contributed by atoms with Gasteiger partial charge in [-0.2, -0.15) is 5.26 Å². The minimum atomic E-state index is -2.90. The Morgan fingerprint density at radius 2 is 2.33 bits per heavy atom. The van der Waals surface area contributed by atoms with Gasteiger partial charge in [0.15, 0.2) is 11.4 Å². The summed E-state index contributed by atoms with van der Waals surface area (Å²) in [6, 6.07) is 1.55. The zero-order valence-corrected chi connectivity index (χ0v) is 9.48. The van der Waals surface area contributed by atoms with E-state index in [-0.39, 0.29) is 12.2 Å². The van der Waals surface area contributed by atoms with Gasteiger partial charge >= 0.3 is 5.97 Å². The molecule has 18 heavy (non-hydrogen) atoms. The van der Waals surface area contributed by atoms with E-state index in [4.69, 9.17) is 5.26 Å². The number of alkyl halides is 2. The van der Waals surface area contributed by atoms with Gasteiger partial charge in [0.2, 0.25) is 0 Å². The molecule has 0 saturated heterocycles. The number of halogens is 2. The molecule has 1 heterocycles. The molecule has 0 aliphatic rings. The third-order valence-corrected chi connectivity index (χ3v) is 2.16. The number of hydrogen-bond donors (Lipinski definition) is 1. The number of aromatic hydroxyl groups is 1. The van der Waals surface area contributed by atoms with Crippen LogP contribution in [-0.4, -0.2) is 22.7 Å². The molecule has 0 spiro atoms. The Labute approximate surface area is 102 Å². The van der Waals surface area contributed by atoms with Crippen LogP contribution >= 0.6 is 0 Å². The van der Waals surface area contributed by atoms with Gasteiger partial charge in [0.25, 0.3) is 6.43 Å². The molecule has 5 nitrogen and oxygen atoms in total. The highest BCUT2D eigenvalue weighted by atomic mass is 19.3. The summed E-state index contributed by atoms with van der Waals surface area (Å²) in [6.07, 6.45) is -2.66. The van der Waals surface area contributed by atoms with E-state index in [9.17, 15) is 18.7 Å². The van der Waals surface area contributed by atoms with Crippen LogP contribution in [0.5, 0.6) is 5.75 Å². The molecule has 1 aromatic heterocycles. The van der Waals surface area contributed by atoms with Gasteiger partial charge in [0.05, 0.1) is 13.0 Å². The molecule has 0 saturated carbocycles. The predicted octanol–water partition coefficient (Wildman–Crippen LogP) is 1.70. The molecule has 0 radical (unpaired) electrons. The number of esters is 1. The summed E-state index contributed by atoms with van der Waals surface area (Å²) in [4.78, 5) is 14.6. The van der Waals surface area contributed by atoms with Crippen LogP contribution in [0.1, 0.15) is 30.2 Å². The number of carbonyl (C=O) groups excluding carboxylic acids is 1. The van der Waals surface area contributed by atoms with Gasteiger partial charge in [-0.25, -0.2) is 13.8 Å². The number of hydrogen-bond acceptors (Lipinski definition) is 5. The zero-order valence-electron chi connectivity index (χ0n) is 9.48. The van der Waals surface area contributed by atoms with Gasteiger partial charge in [-0.05, 0) is 6.92 Å². The standard InChI is InChI=1S/C11H10F2N2O3/c1-2-18-9(16)3-6-7(11(12)13)5-15-8(4-14)10(6)17/h5,11,17H,2-3H2,1H3. The predicted molar refractivity (Wildman–Crippen MR) is 55.9 cm³/mol. The first-order chi connectivity index (χ1) is 8.51. The highest BCUT2D eigenvalue weighted by molar-refractivity contribution is 5.74. The van der Waals surface area contributed by atoms with Crippen molar-refractivity contribution >= 4 is 5.97 Å². The first kappa shape index (κ1) is 13.8. The maximum absolute atomic E-state index is 12.7. The Bertz CT molecular complexity index is 498. The quantitative estimate of drug-likeness (QED) is 0.829. The third-order valence-electron chi connectivity index (χ3n) is 2.16. The molecule has 0 fully saturated rings. The second kappa shape index (κ2) is 5.91. The summed E-state index contributed by atoms with van der Waals surface area (Å²) < 4.78 is 30.0. The Kier molecular flexibility index (Phi) is 4.54. The average molecular weight is 256 g/mol. The molecular weight excluding hydrogens is 246 g/mol. The molecular formula is C11H10F2N2O3. The molecule has 0 aliphatic carbocycles. The lowest BCUT2D eigenvalue weighted by Gasteiger charge is -2.10. The van der Waals surface area contributed by atoms with Crippen LogP contribution in [0, 0.1) is 11.3 Å². The SMILES string of the molecule is CCOC(=O)Cc1c(C(F)F)cnc(C#N)c1O. The average Bonchev–Trinajstić information content (AvgIpc) is 2.31. The van der Waals surface area contributed by atoms with Crippen molar-refractivity contribution in [2.75, 3.05) is 6.61 Å². The molecule has 0 atom stereocenters. The number of carbonyl (C=O) groups is 1. The summed E-state index contributed by atoms with van der Waals surface area (Å²) in [6.45, 7) is 1.67. The van der Waals surface area contributed by atoms with Gasteiger partial charge in [-0.1, -0.05) is 0 Å². The van der Waals surface area contributed by atoms with Crippen LogP contribution < -0.4 is 0 Å². The van der Waals surface area contributed by atoms with Gasteiger partial charge in [-0.3, -0.25) is 4.79 Å². The maximum atomic E-state index is 12.7. The van der Waals surface area contributed by atoms with E-state index in [0.29, 0.717) is 0 Å². The highest BCUT2D eigenvalue weighted by Gasteiger charge is 2.22. The number of ether oxygens (including phenoxy) is 1. The van der Waals surface area contributed by atoms with Gasteiger partial charge in [0.1, 0.15) is 6.07 Å². The summed E-state index contributed by atoms with van der Waals surface area (Å²) in [5.41, 5.74) is -1.31. The third kappa shape index (κ3) is 2.91. The molecule has 7 heteroatoms. The largest absolute Gasteiger partial charge is 0.505 e. The van der Waals surface area contributed by atoms with E-state index in [1.807, 2.05) is 0 Å². The smallest absolute Gasteiger partial charge is 0.310 e. The lowest BCUT2D eigenvalue weighted by Crippen LogP contribution is -2.11. The fraction of sp³-hybridized carbons (Fsp3) is 0.364. The molecule has 1 rings (SSSR count).